The summed E-state index contributed by atoms with van der Waals surface area (Å²) >= 11 is 0. The molecule has 0 aliphatic heterocycles. The molecule has 0 aliphatic rings. The van der Waals surface area contributed by atoms with E-state index in [2.05, 4.69) is 4.98 Å². The zero-order valence-corrected chi connectivity index (χ0v) is 7.07. The number of imidazole rings is 1. The fourth-order valence-electron chi connectivity index (χ4n) is 0.967. The number of hydrogen-bond acceptors (Lipinski definition) is 2. The molecule has 1 rings (SSSR count). The molecule has 0 aliphatic carbocycles. The van der Waals surface area contributed by atoms with Gasteiger partial charge in [0.1, 0.15) is 6.33 Å². The molecule has 0 radical (unpaired) electrons. The predicted molar refractivity (Wildman–Crippen MR) is 47.5 cm³/mol. The minimum Gasteiger partial charge on any atom is -0.369 e. The molecule has 1 aromatic heterocycles. The van der Waals surface area contributed by atoms with Crippen molar-refractivity contribution in [2.45, 2.75) is 13.3 Å². The number of nitrogens with two attached hydrogens (primary N) is 1. The molecule has 5 heteroatoms. The third-order valence-electron chi connectivity index (χ3n) is 1.48. The summed E-state index contributed by atoms with van der Waals surface area (Å²) in [4.78, 5) is 3.88. The molecule has 0 atom stereocenters. The average molecular weight is 167 g/mol. The van der Waals surface area contributed by atoms with Crippen LogP contribution in [0, 0.1) is 5.41 Å². The van der Waals surface area contributed by atoms with Gasteiger partial charge in [-0.2, -0.15) is 0 Å². The van der Waals surface area contributed by atoms with E-state index in [0.717, 1.165) is 13.0 Å². The molecule has 5 nitrogen and oxygen atoms in total. The van der Waals surface area contributed by atoms with Gasteiger partial charge in [0.05, 0.1) is 0 Å². The van der Waals surface area contributed by atoms with Crippen LogP contribution >= 0.6 is 0 Å². The van der Waals surface area contributed by atoms with Crippen molar-refractivity contribution >= 4 is 5.96 Å². The first-order valence-electron chi connectivity index (χ1n) is 3.85. The largest absolute Gasteiger partial charge is 0.369 e. The van der Waals surface area contributed by atoms with Crippen molar-refractivity contribution in [1.29, 1.82) is 5.41 Å². The van der Waals surface area contributed by atoms with Crippen LogP contribution in [-0.2, 0) is 0 Å². The molecule has 3 N–H and O–H groups in total. The van der Waals surface area contributed by atoms with Gasteiger partial charge in [-0.1, -0.05) is 6.92 Å². The normalized spacial score (nSPS) is 9.75. The van der Waals surface area contributed by atoms with E-state index in [1.165, 1.54) is 0 Å². The van der Waals surface area contributed by atoms with Crippen LogP contribution in [0.5, 0.6) is 0 Å². The van der Waals surface area contributed by atoms with Gasteiger partial charge in [0.15, 0.2) is 0 Å². The lowest BCUT2D eigenvalue weighted by Crippen LogP contribution is -2.44. The van der Waals surface area contributed by atoms with Gasteiger partial charge in [-0.3, -0.25) is 5.41 Å². The Hall–Kier alpha value is -1.52. The Morgan fingerprint density at radius 1 is 1.75 bits per heavy atom. The van der Waals surface area contributed by atoms with Gasteiger partial charge in [0, 0.05) is 18.9 Å². The third kappa shape index (κ3) is 1.75. The van der Waals surface area contributed by atoms with E-state index in [-0.39, 0.29) is 5.96 Å². The maximum absolute atomic E-state index is 7.29. The monoisotopic (exact) mass is 167 g/mol. The van der Waals surface area contributed by atoms with Crippen molar-refractivity contribution in [3.63, 3.8) is 0 Å². The Kier molecular flexibility index (Phi) is 2.68. The van der Waals surface area contributed by atoms with Gasteiger partial charge in [0.25, 0.3) is 0 Å². The molecule has 0 saturated carbocycles. The molecule has 0 unspecified atom stereocenters. The summed E-state index contributed by atoms with van der Waals surface area (Å²) in [7, 11) is 0. The summed E-state index contributed by atoms with van der Waals surface area (Å²) in [5.74, 6) is 0.0369. The van der Waals surface area contributed by atoms with Crippen molar-refractivity contribution < 1.29 is 0 Å². The van der Waals surface area contributed by atoms with Gasteiger partial charge in [0.2, 0.25) is 5.96 Å². The highest BCUT2D eigenvalue weighted by Gasteiger charge is 2.05. The fourth-order valence-corrected chi connectivity index (χ4v) is 0.967. The molecule has 1 aromatic rings. The van der Waals surface area contributed by atoms with Crippen LogP contribution in [-0.4, -0.2) is 22.2 Å². The van der Waals surface area contributed by atoms with Gasteiger partial charge in [-0.25, -0.2) is 14.7 Å². The Morgan fingerprint density at radius 3 is 2.92 bits per heavy atom. The first-order chi connectivity index (χ1) is 5.75. The molecular formula is C7H13N5. The van der Waals surface area contributed by atoms with Crippen LogP contribution in [0.4, 0.5) is 0 Å². The quantitative estimate of drug-likeness (QED) is 0.496. The Morgan fingerprint density at radius 2 is 2.50 bits per heavy atom. The summed E-state index contributed by atoms with van der Waals surface area (Å²) in [6, 6.07) is 0. The zero-order chi connectivity index (χ0) is 8.97. The van der Waals surface area contributed by atoms with E-state index < -0.39 is 0 Å². The number of guanidine groups is 1. The second-order valence-corrected chi connectivity index (χ2v) is 2.45. The van der Waals surface area contributed by atoms with Crippen molar-refractivity contribution in [1.82, 2.24) is 9.66 Å². The van der Waals surface area contributed by atoms with Gasteiger partial charge in [-0.15, -0.1) is 0 Å². The van der Waals surface area contributed by atoms with Crippen molar-refractivity contribution in [3.8, 4) is 0 Å². The number of hydrogen-bond donors (Lipinski definition) is 2. The first kappa shape index (κ1) is 8.58. The van der Waals surface area contributed by atoms with E-state index >= 15 is 0 Å². The van der Waals surface area contributed by atoms with Gasteiger partial charge < -0.3 is 5.73 Å². The smallest absolute Gasteiger partial charge is 0.207 e. The molecular weight excluding hydrogens is 154 g/mol. The minimum atomic E-state index is 0.0369. The highest BCUT2D eigenvalue weighted by molar-refractivity contribution is 5.84. The second-order valence-electron chi connectivity index (χ2n) is 2.45. The summed E-state index contributed by atoms with van der Waals surface area (Å²) in [6.45, 7) is 2.76. The second kappa shape index (κ2) is 3.75. The highest BCUT2D eigenvalue weighted by Crippen LogP contribution is 1.91. The van der Waals surface area contributed by atoms with E-state index in [1.807, 2.05) is 6.92 Å². The number of aromatic nitrogens is 2. The lowest BCUT2D eigenvalue weighted by Gasteiger charge is -2.21. The van der Waals surface area contributed by atoms with E-state index in [9.17, 15) is 0 Å². The van der Waals surface area contributed by atoms with Gasteiger partial charge >= 0.3 is 0 Å². The lowest BCUT2D eigenvalue weighted by atomic mass is 10.5. The van der Waals surface area contributed by atoms with Crippen LogP contribution in [0.3, 0.4) is 0 Å². The first-order valence-corrected chi connectivity index (χ1v) is 3.85. The van der Waals surface area contributed by atoms with E-state index in [1.54, 1.807) is 28.4 Å². The number of rotatable bonds is 3. The molecule has 0 bridgehead atoms. The maximum Gasteiger partial charge on any atom is 0.207 e. The Balaban J connectivity index is 2.73. The van der Waals surface area contributed by atoms with Crippen molar-refractivity contribution in [2.24, 2.45) is 5.73 Å². The maximum atomic E-state index is 7.29. The molecule has 0 aromatic carbocycles. The van der Waals surface area contributed by atoms with Crippen molar-refractivity contribution in [2.75, 3.05) is 11.6 Å². The average Bonchev–Trinajstić information content (AvgIpc) is 2.51. The van der Waals surface area contributed by atoms with Crippen LogP contribution in [0.15, 0.2) is 18.7 Å². The molecule has 0 spiro atoms. The van der Waals surface area contributed by atoms with Crippen LogP contribution in [0.25, 0.3) is 0 Å². The molecule has 0 amide bonds. The number of nitrogens with one attached hydrogen (secondary N) is 1. The lowest BCUT2D eigenvalue weighted by molar-refractivity contribution is 0.687. The van der Waals surface area contributed by atoms with Gasteiger partial charge in [-0.05, 0) is 6.42 Å². The summed E-state index contributed by atoms with van der Waals surface area (Å²) < 4.78 is 1.70. The van der Waals surface area contributed by atoms with E-state index in [0.29, 0.717) is 0 Å². The predicted octanol–water partition coefficient (Wildman–Crippen LogP) is 0.125. The Bertz CT molecular complexity index is 240. The Labute approximate surface area is 71.3 Å². The standard InChI is InChI=1S/C7H13N5/c1-2-4-12(7(8)9)11-5-3-10-6-11/h3,5-6H,2,4H2,1H3,(H3,8,9). The fraction of sp³-hybridized carbons (Fsp3) is 0.429. The van der Waals surface area contributed by atoms with Crippen LogP contribution in [0.2, 0.25) is 0 Å². The van der Waals surface area contributed by atoms with Crippen molar-refractivity contribution in [3.05, 3.63) is 18.7 Å². The minimum absolute atomic E-state index is 0.0369. The summed E-state index contributed by atoms with van der Waals surface area (Å²) in [5.41, 5.74) is 5.37. The SMILES string of the molecule is CCCN(C(=N)N)n1ccnc1. The van der Waals surface area contributed by atoms with Crippen LogP contribution < -0.4 is 10.7 Å². The molecule has 0 fully saturated rings. The summed E-state index contributed by atoms with van der Waals surface area (Å²) in [5, 5.41) is 8.93. The molecule has 0 saturated heterocycles. The highest BCUT2D eigenvalue weighted by atomic mass is 15.6. The zero-order valence-electron chi connectivity index (χ0n) is 7.07. The molecule has 1 heterocycles. The summed E-state index contributed by atoms with van der Waals surface area (Å²) in [6.07, 6.45) is 5.98. The number of nitrogens with zero attached hydrogens (tertiary/aromatic N) is 3. The molecule has 12 heavy (non-hydrogen) atoms. The molecule has 66 valence electrons. The van der Waals surface area contributed by atoms with Crippen LogP contribution in [0.1, 0.15) is 13.3 Å². The third-order valence-corrected chi connectivity index (χ3v) is 1.48. The van der Waals surface area contributed by atoms with E-state index in [4.69, 9.17) is 11.1 Å². The topological polar surface area (TPSA) is 70.9 Å².